The summed E-state index contributed by atoms with van der Waals surface area (Å²) in [5.74, 6) is -0.572. The summed E-state index contributed by atoms with van der Waals surface area (Å²) in [5, 5.41) is 5.76. The van der Waals surface area contributed by atoms with Crippen LogP contribution in [-0.4, -0.2) is 27.8 Å². The molecule has 0 saturated carbocycles. The minimum atomic E-state index is -0.572. The summed E-state index contributed by atoms with van der Waals surface area (Å²) in [6, 6.07) is 14.7. The molecule has 2 aromatic carbocycles. The first-order valence-corrected chi connectivity index (χ1v) is 8.86. The van der Waals surface area contributed by atoms with Crippen LogP contribution in [0.25, 0.3) is 26.6 Å². The second-order valence-corrected chi connectivity index (χ2v) is 6.94. The second kappa shape index (κ2) is 6.44. The summed E-state index contributed by atoms with van der Waals surface area (Å²) in [6.45, 7) is 0. The number of fused-ring (bicyclic) bond motifs is 1. The number of rotatable bonds is 3. The average Bonchev–Trinajstić information content (AvgIpc) is 3.22. The average molecular weight is 385 g/mol. The molecule has 2 N–H and O–H groups in total. The first-order valence-electron chi connectivity index (χ1n) is 7.67. The maximum absolute atomic E-state index is 12.3. The van der Waals surface area contributed by atoms with E-state index in [0.29, 0.717) is 21.4 Å². The van der Waals surface area contributed by atoms with Crippen molar-refractivity contribution in [3.63, 3.8) is 0 Å². The number of aromatic nitrogens is 3. The predicted molar refractivity (Wildman–Crippen MR) is 103 cm³/mol. The number of methoxy groups -OCH3 is 1. The predicted octanol–water partition coefficient (Wildman–Crippen LogP) is 4.17. The molecule has 0 fully saturated rings. The number of nitrogen functional groups attached to an aromatic ring is 1. The van der Waals surface area contributed by atoms with Crippen molar-refractivity contribution in [3.8, 4) is 16.4 Å². The first-order chi connectivity index (χ1) is 12.6. The number of esters is 1. The lowest BCUT2D eigenvalue weighted by Crippen LogP contribution is -2.12. The minimum absolute atomic E-state index is 0.157. The highest BCUT2D eigenvalue weighted by Gasteiger charge is 2.25. The molecule has 2 aromatic heterocycles. The summed E-state index contributed by atoms with van der Waals surface area (Å²) in [7, 11) is 1.30. The van der Waals surface area contributed by atoms with Crippen LogP contribution < -0.4 is 5.73 Å². The number of nitrogens with zero attached hydrogens (tertiary/aromatic N) is 3. The summed E-state index contributed by atoms with van der Waals surface area (Å²) < 4.78 is 7.36. The third kappa shape index (κ3) is 2.71. The third-order valence-electron chi connectivity index (χ3n) is 3.87. The quantitative estimate of drug-likeness (QED) is 0.536. The molecule has 26 heavy (non-hydrogen) atoms. The Morgan fingerprint density at radius 3 is 2.62 bits per heavy atom. The Bertz CT molecular complexity index is 1090. The fourth-order valence-corrected chi connectivity index (χ4v) is 3.71. The van der Waals surface area contributed by atoms with Gasteiger partial charge in [-0.15, -0.1) is 11.3 Å². The lowest BCUT2D eigenvalue weighted by molar-refractivity contribution is 0.0591. The monoisotopic (exact) mass is 384 g/mol. The highest BCUT2D eigenvalue weighted by atomic mass is 35.5. The SMILES string of the molecule is COC(=O)c1c(N)c(-c2nc3ccccc3s2)nn1-c1ccc(Cl)cc1. The molecule has 0 aliphatic carbocycles. The zero-order chi connectivity index (χ0) is 18.3. The van der Waals surface area contributed by atoms with E-state index < -0.39 is 5.97 Å². The van der Waals surface area contributed by atoms with Crippen LogP contribution in [0.15, 0.2) is 48.5 Å². The molecule has 0 aliphatic heterocycles. The summed E-state index contributed by atoms with van der Waals surface area (Å²) in [6.07, 6.45) is 0. The summed E-state index contributed by atoms with van der Waals surface area (Å²) in [5.41, 5.74) is 8.59. The smallest absolute Gasteiger partial charge is 0.358 e. The molecule has 4 rings (SSSR count). The number of ether oxygens (including phenoxy) is 1. The molecule has 130 valence electrons. The number of halogens is 1. The van der Waals surface area contributed by atoms with Gasteiger partial charge in [-0.3, -0.25) is 0 Å². The van der Waals surface area contributed by atoms with E-state index in [1.165, 1.54) is 23.1 Å². The number of hydrogen-bond acceptors (Lipinski definition) is 6. The van der Waals surface area contributed by atoms with Crippen LogP contribution in [0.2, 0.25) is 5.02 Å². The van der Waals surface area contributed by atoms with E-state index in [2.05, 4.69) is 10.1 Å². The van der Waals surface area contributed by atoms with Gasteiger partial charge in [-0.05, 0) is 36.4 Å². The Kier molecular flexibility index (Phi) is 4.10. The van der Waals surface area contributed by atoms with Gasteiger partial charge < -0.3 is 10.5 Å². The Balaban J connectivity index is 1.93. The van der Waals surface area contributed by atoms with Gasteiger partial charge in [-0.25, -0.2) is 14.5 Å². The van der Waals surface area contributed by atoms with Crippen molar-refractivity contribution in [2.75, 3.05) is 12.8 Å². The first kappa shape index (κ1) is 16.6. The van der Waals surface area contributed by atoms with E-state index in [1.54, 1.807) is 24.3 Å². The van der Waals surface area contributed by atoms with Gasteiger partial charge in [0.15, 0.2) is 5.69 Å². The Morgan fingerprint density at radius 2 is 1.92 bits per heavy atom. The summed E-state index contributed by atoms with van der Waals surface area (Å²) >= 11 is 7.42. The number of thiazole rings is 1. The topological polar surface area (TPSA) is 83.0 Å². The third-order valence-corrected chi connectivity index (χ3v) is 5.16. The van der Waals surface area contributed by atoms with Crippen LogP contribution in [0.4, 0.5) is 5.69 Å². The molecule has 0 unspecified atom stereocenters. The van der Waals surface area contributed by atoms with Gasteiger partial charge in [-0.2, -0.15) is 5.10 Å². The molecule has 2 heterocycles. The van der Waals surface area contributed by atoms with Crippen molar-refractivity contribution in [2.45, 2.75) is 0 Å². The minimum Gasteiger partial charge on any atom is -0.464 e. The number of nitrogens with two attached hydrogens (primary N) is 1. The molecule has 0 aliphatic rings. The molecule has 0 radical (unpaired) electrons. The highest BCUT2D eigenvalue weighted by molar-refractivity contribution is 7.21. The fourth-order valence-electron chi connectivity index (χ4n) is 2.62. The van der Waals surface area contributed by atoms with Gasteiger partial charge in [0.1, 0.15) is 10.7 Å². The highest BCUT2D eigenvalue weighted by Crippen LogP contribution is 2.35. The van der Waals surface area contributed by atoms with Gasteiger partial charge >= 0.3 is 5.97 Å². The maximum atomic E-state index is 12.3. The van der Waals surface area contributed by atoms with Crippen LogP contribution >= 0.6 is 22.9 Å². The number of para-hydroxylation sites is 1. The van der Waals surface area contributed by atoms with Crippen molar-refractivity contribution in [1.29, 1.82) is 0 Å². The van der Waals surface area contributed by atoms with E-state index in [4.69, 9.17) is 22.1 Å². The van der Waals surface area contributed by atoms with Crippen LogP contribution in [0.5, 0.6) is 0 Å². The van der Waals surface area contributed by atoms with E-state index in [9.17, 15) is 4.79 Å². The van der Waals surface area contributed by atoms with Gasteiger partial charge in [0, 0.05) is 5.02 Å². The van der Waals surface area contributed by atoms with Gasteiger partial charge in [0.2, 0.25) is 0 Å². The van der Waals surface area contributed by atoms with Crippen LogP contribution in [0.1, 0.15) is 10.5 Å². The molecule has 8 heteroatoms. The Morgan fingerprint density at radius 1 is 1.19 bits per heavy atom. The molecular formula is C18H13ClN4O2S. The number of anilines is 1. The standard InChI is InChI=1S/C18H13ClN4O2S/c1-25-18(24)16-14(20)15(17-21-12-4-2-3-5-13(12)26-17)22-23(16)11-8-6-10(19)7-9-11/h2-9H,20H2,1H3. The van der Waals surface area contributed by atoms with Gasteiger partial charge in [0.25, 0.3) is 0 Å². The lowest BCUT2D eigenvalue weighted by atomic mass is 10.2. The molecule has 6 nitrogen and oxygen atoms in total. The number of carbonyl (C=O) groups is 1. The van der Waals surface area contributed by atoms with Crippen molar-refractivity contribution in [2.24, 2.45) is 0 Å². The van der Waals surface area contributed by atoms with Gasteiger partial charge in [-0.1, -0.05) is 23.7 Å². The molecule has 0 atom stereocenters. The molecule has 0 spiro atoms. The molecule has 0 amide bonds. The number of hydrogen-bond donors (Lipinski definition) is 1. The fraction of sp³-hybridized carbons (Fsp3) is 0.0556. The summed E-state index contributed by atoms with van der Waals surface area (Å²) in [4.78, 5) is 16.9. The second-order valence-electron chi connectivity index (χ2n) is 5.48. The Labute approximate surface area is 157 Å². The van der Waals surface area contributed by atoms with E-state index in [-0.39, 0.29) is 11.4 Å². The van der Waals surface area contributed by atoms with Crippen LogP contribution in [-0.2, 0) is 4.74 Å². The van der Waals surface area contributed by atoms with E-state index in [0.717, 1.165) is 10.2 Å². The number of carbonyl (C=O) groups excluding carboxylic acids is 1. The molecule has 0 saturated heterocycles. The van der Waals surface area contributed by atoms with E-state index in [1.807, 2.05) is 24.3 Å². The Hall–Kier alpha value is -2.90. The molecule has 0 bridgehead atoms. The zero-order valence-corrected chi connectivity index (χ0v) is 15.2. The van der Waals surface area contributed by atoms with E-state index >= 15 is 0 Å². The van der Waals surface area contributed by atoms with Crippen molar-refractivity contribution < 1.29 is 9.53 Å². The van der Waals surface area contributed by atoms with Crippen molar-refractivity contribution in [3.05, 3.63) is 59.2 Å². The lowest BCUT2D eigenvalue weighted by Gasteiger charge is -2.06. The largest absolute Gasteiger partial charge is 0.464 e. The van der Waals surface area contributed by atoms with Crippen molar-refractivity contribution >= 4 is 44.8 Å². The van der Waals surface area contributed by atoms with Gasteiger partial charge in [0.05, 0.1) is 28.7 Å². The van der Waals surface area contributed by atoms with Crippen LogP contribution in [0, 0.1) is 0 Å². The molecule has 4 aromatic rings. The zero-order valence-electron chi connectivity index (χ0n) is 13.6. The number of benzene rings is 2. The normalized spacial score (nSPS) is 11.0. The van der Waals surface area contributed by atoms with Crippen LogP contribution in [0.3, 0.4) is 0 Å². The maximum Gasteiger partial charge on any atom is 0.358 e. The molecular weight excluding hydrogens is 372 g/mol. The van der Waals surface area contributed by atoms with Crippen molar-refractivity contribution in [1.82, 2.24) is 14.8 Å².